The number of carbonyl (C=O) groups excluding carboxylic acids is 1. The van der Waals surface area contributed by atoms with Crippen LogP contribution in [-0.2, 0) is 11.2 Å². The van der Waals surface area contributed by atoms with Gasteiger partial charge in [0.05, 0.1) is 0 Å². The zero-order valence-corrected chi connectivity index (χ0v) is 15.8. The van der Waals surface area contributed by atoms with Gasteiger partial charge >= 0.3 is 0 Å². The highest BCUT2D eigenvalue weighted by molar-refractivity contribution is 5.77. The number of benzene rings is 1. The van der Waals surface area contributed by atoms with Crippen molar-refractivity contribution in [2.24, 2.45) is 0 Å². The Morgan fingerprint density at radius 3 is 2.73 bits per heavy atom. The number of aryl methyl sites for hydroxylation is 1. The van der Waals surface area contributed by atoms with Crippen molar-refractivity contribution in [3.63, 3.8) is 0 Å². The maximum atomic E-state index is 12.8. The number of nitrogens with zero attached hydrogens (tertiary/aromatic N) is 4. The first-order chi connectivity index (χ1) is 12.6. The van der Waals surface area contributed by atoms with Gasteiger partial charge in [0.15, 0.2) is 0 Å². The lowest BCUT2D eigenvalue weighted by molar-refractivity contribution is -0.132. The first-order valence-corrected chi connectivity index (χ1v) is 9.88. The van der Waals surface area contributed by atoms with Crippen LogP contribution >= 0.6 is 0 Å². The summed E-state index contributed by atoms with van der Waals surface area (Å²) in [4.78, 5) is 14.9. The second-order valence-corrected chi connectivity index (χ2v) is 7.98. The van der Waals surface area contributed by atoms with Crippen LogP contribution in [0.3, 0.4) is 0 Å². The van der Waals surface area contributed by atoms with E-state index >= 15 is 0 Å². The number of hydrogen-bond acceptors (Lipinski definition) is 3. The molecule has 26 heavy (non-hydrogen) atoms. The fraction of sp³-hybridized carbons (Fsp3) is 0.571. The van der Waals surface area contributed by atoms with Crippen LogP contribution in [0.1, 0.15) is 74.4 Å². The molecule has 0 saturated carbocycles. The lowest BCUT2D eigenvalue weighted by atomic mass is 9.93. The molecule has 2 aromatic rings. The van der Waals surface area contributed by atoms with Crippen molar-refractivity contribution in [1.29, 1.82) is 0 Å². The Labute approximate surface area is 155 Å². The first kappa shape index (κ1) is 17.3. The van der Waals surface area contributed by atoms with Crippen molar-refractivity contribution in [1.82, 2.24) is 19.7 Å². The fourth-order valence-electron chi connectivity index (χ4n) is 4.53. The van der Waals surface area contributed by atoms with E-state index in [9.17, 15) is 4.79 Å². The summed E-state index contributed by atoms with van der Waals surface area (Å²) >= 11 is 0. The molecule has 1 unspecified atom stereocenters. The molecule has 1 aliphatic heterocycles. The average molecular weight is 352 g/mol. The third-order valence-corrected chi connectivity index (χ3v) is 6.05. The summed E-state index contributed by atoms with van der Waals surface area (Å²) in [5.74, 6) is 2.21. The van der Waals surface area contributed by atoms with Gasteiger partial charge < -0.3 is 9.47 Å². The highest BCUT2D eigenvalue weighted by atomic mass is 16.2. The predicted molar refractivity (Wildman–Crippen MR) is 101 cm³/mol. The van der Waals surface area contributed by atoms with Crippen LogP contribution < -0.4 is 0 Å². The summed E-state index contributed by atoms with van der Waals surface area (Å²) in [6.07, 6.45) is 6.68. The van der Waals surface area contributed by atoms with Crippen LogP contribution in [0.25, 0.3) is 0 Å². The van der Waals surface area contributed by atoms with E-state index in [1.165, 1.54) is 11.1 Å². The van der Waals surface area contributed by atoms with Crippen molar-refractivity contribution < 1.29 is 4.79 Å². The van der Waals surface area contributed by atoms with Crippen LogP contribution in [-0.4, -0.2) is 38.7 Å². The molecule has 0 spiro atoms. The van der Waals surface area contributed by atoms with Gasteiger partial charge in [0.1, 0.15) is 12.2 Å². The predicted octanol–water partition coefficient (Wildman–Crippen LogP) is 3.69. The van der Waals surface area contributed by atoms with E-state index in [0.717, 1.165) is 44.6 Å². The molecule has 1 aliphatic carbocycles. The minimum Gasteiger partial charge on any atom is -0.343 e. The normalized spacial score (nSPS) is 20.6. The fourth-order valence-corrected chi connectivity index (χ4v) is 4.53. The summed E-state index contributed by atoms with van der Waals surface area (Å²) in [6.45, 7) is 5.99. The second-order valence-electron chi connectivity index (χ2n) is 7.98. The maximum Gasteiger partial charge on any atom is 0.223 e. The standard InChI is InChI=1S/C21H28N4O/c1-15(2)25-14-22-23-21(25)17-9-11-24(12-10-17)20(26)13-18-8-7-16-5-3-4-6-19(16)18/h3-6,14-15,17-18H,7-13H2,1-2H3. The van der Waals surface area contributed by atoms with E-state index in [0.29, 0.717) is 30.2 Å². The first-order valence-electron chi connectivity index (χ1n) is 9.88. The molecule has 0 N–H and O–H groups in total. The van der Waals surface area contributed by atoms with Crippen LogP contribution in [0, 0.1) is 0 Å². The maximum absolute atomic E-state index is 12.8. The zero-order valence-electron chi connectivity index (χ0n) is 15.8. The van der Waals surface area contributed by atoms with Gasteiger partial charge in [0.2, 0.25) is 5.91 Å². The van der Waals surface area contributed by atoms with Gasteiger partial charge in [0.25, 0.3) is 0 Å². The van der Waals surface area contributed by atoms with E-state index in [-0.39, 0.29) is 0 Å². The average Bonchev–Trinajstić information content (AvgIpc) is 3.29. The van der Waals surface area contributed by atoms with E-state index in [2.05, 4.69) is 57.8 Å². The molecule has 1 atom stereocenters. The van der Waals surface area contributed by atoms with Gasteiger partial charge in [0, 0.05) is 31.5 Å². The number of hydrogen-bond donors (Lipinski definition) is 0. The van der Waals surface area contributed by atoms with Crippen molar-refractivity contribution in [2.45, 2.75) is 63.8 Å². The summed E-state index contributed by atoms with van der Waals surface area (Å²) in [7, 11) is 0. The molecule has 0 radical (unpaired) electrons. The summed E-state index contributed by atoms with van der Waals surface area (Å²) in [6, 6.07) is 8.98. The summed E-state index contributed by atoms with van der Waals surface area (Å²) in [5.41, 5.74) is 2.82. The molecule has 5 heteroatoms. The molecular formula is C21H28N4O. The van der Waals surface area contributed by atoms with E-state index < -0.39 is 0 Å². The molecule has 1 saturated heterocycles. The van der Waals surface area contributed by atoms with E-state index in [1.54, 1.807) is 0 Å². The SMILES string of the molecule is CC(C)n1cnnc1C1CCN(C(=O)CC2CCc3ccccc32)CC1. The molecule has 1 fully saturated rings. The van der Waals surface area contributed by atoms with E-state index in [4.69, 9.17) is 0 Å². The number of fused-ring (bicyclic) bond motifs is 1. The topological polar surface area (TPSA) is 51.0 Å². The Morgan fingerprint density at radius 1 is 1.19 bits per heavy atom. The number of likely N-dealkylation sites (tertiary alicyclic amines) is 1. The largest absolute Gasteiger partial charge is 0.343 e. The monoisotopic (exact) mass is 352 g/mol. The van der Waals surface area contributed by atoms with Crippen molar-refractivity contribution in [3.05, 3.63) is 47.5 Å². The van der Waals surface area contributed by atoms with Gasteiger partial charge in [-0.1, -0.05) is 24.3 Å². The van der Waals surface area contributed by atoms with Crippen LogP contribution in [0.2, 0.25) is 0 Å². The van der Waals surface area contributed by atoms with Crippen molar-refractivity contribution in [2.75, 3.05) is 13.1 Å². The Bertz CT molecular complexity index is 774. The van der Waals surface area contributed by atoms with Gasteiger partial charge in [-0.25, -0.2) is 0 Å². The Balaban J connectivity index is 1.35. The molecule has 0 bridgehead atoms. The quantitative estimate of drug-likeness (QED) is 0.843. The van der Waals surface area contributed by atoms with E-state index in [1.807, 2.05) is 6.33 Å². The van der Waals surface area contributed by atoms with Crippen LogP contribution in [0.15, 0.2) is 30.6 Å². The van der Waals surface area contributed by atoms with Crippen LogP contribution in [0.4, 0.5) is 0 Å². The minimum absolute atomic E-state index is 0.315. The number of aromatic nitrogens is 3. The number of carbonyl (C=O) groups is 1. The Hall–Kier alpha value is -2.17. The Morgan fingerprint density at radius 2 is 1.96 bits per heavy atom. The summed E-state index contributed by atoms with van der Waals surface area (Å²) in [5, 5.41) is 8.44. The third kappa shape index (κ3) is 3.27. The van der Waals surface area contributed by atoms with Crippen molar-refractivity contribution >= 4 is 5.91 Å². The third-order valence-electron chi connectivity index (χ3n) is 6.05. The number of amides is 1. The lowest BCUT2D eigenvalue weighted by Crippen LogP contribution is -2.38. The molecule has 138 valence electrons. The highest BCUT2D eigenvalue weighted by Crippen LogP contribution is 2.36. The number of rotatable bonds is 4. The molecule has 4 rings (SSSR count). The number of piperidine rings is 1. The van der Waals surface area contributed by atoms with Gasteiger partial charge in [-0.2, -0.15) is 0 Å². The molecule has 1 amide bonds. The molecule has 2 heterocycles. The van der Waals surface area contributed by atoms with Crippen LogP contribution in [0.5, 0.6) is 0 Å². The molecule has 5 nitrogen and oxygen atoms in total. The highest BCUT2D eigenvalue weighted by Gasteiger charge is 2.30. The minimum atomic E-state index is 0.315. The smallest absolute Gasteiger partial charge is 0.223 e. The summed E-state index contributed by atoms with van der Waals surface area (Å²) < 4.78 is 2.16. The lowest BCUT2D eigenvalue weighted by Gasteiger charge is -2.32. The molecule has 2 aliphatic rings. The second kappa shape index (κ2) is 7.22. The molecule has 1 aromatic carbocycles. The van der Waals surface area contributed by atoms with Gasteiger partial charge in [-0.15, -0.1) is 10.2 Å². The molecule has 1 aromatic heterocycles. The van der Waals surface area contributed by atoms with Crippen molar-refractivity contribution in [3.8, 4) is 0 Å². The Kier molecular flexibility index (Phi) is 4.79. The zero-order chi connectivity index (χ0) is 18.1. The molecular weight excluding hydrogens is 324 g/mol. The van der Waals surface area contributed by atoms with Gasteiger partial charge in [-0.3, -0.25) is 4.79 Å². The van der Waals surface area contributed by atoms with Gasteiger partial charge in [-0.05, 0) is 56.6 Å².